The van der Waals surface area contributed by atoms with Crippen LogP contribution in [0.25, 0.3) is 10.9 Å². The molecule has 1 saturated heterocycles. The van der Waals surface area contributed by atoms with Crippen LogP contribution in [-0.4, -0.2) is 46.9 Å². The number of hydrogen-bond donors (Lipinski definition) is 3. The number of hydrogen-bond acceptors (Lipinski definition) is 3. The first-order valence-electron chi connectivity index (χ1n) is 11.2. The molecular formula is C24H30N4O3. The van der Waals surface area contributed by atoms with Gasteiger partial charge in [0.2, 0.25) is 5.91 Å². The van der Waals surface area contributed by atoms with Gasteiger partial charge in [0.1, 0.15) is 6.04 Å². The minimum atomic E-state index is -0.623. The lowest BCUT2D eigenvalue weighted by Gasteiger charge is -2.14. The highest BCUT2D eigenvalue weighted by atomic mass is 16.2. The van der Waals surface area contributed by atoms with E-state index in [1.165, 1.54) is 23.3 Å². The second-order valence-electron chi connectivity index (χ2n) is 8.35. The van der Waals surface area contributed by atoms with E-state index in [1.807, 2.05) is 30.5 Å². The number of H-pyrrole nitrogens is 1. The van der Waals surface area contributed by atoms with Crippen LogP contribution in [0.15, 0.2) is 42.1 Å². The number of carbonyl (C=O) groups is 3. The fourth-order valence-electron chi connectivity index (χ4n) is 4.41. The van der Waals surface area contributed by atoms with Crippen molar-refractivity contribution in [2.45, 2.75) is 57.4 Å². The summed E-state index contributed by atoms with van der Waals surface area (Å²) in [6.07, 6.45) is 11.0. The summed E-state index contributed by atoms with van der Waals surface area (Å²) < 4.78 is 0. The van der Waals surface area contributed by atoms with Crippen molar-refractivity contribution in [3.63, 3.8) is 0 Å². The van der Waals surface area contributed by atoms with Gasteiger partial charge in [0.25, 0.3) is 5.91 Å². The predicted octanol–water partition coefficient (Wildman–Crippen LogP) is 3.42. The van der Waals surface area contributed by atoms with Crippen LogP contribution in [0.3, 0.4) is 0 Å². The van der Waals surface area contributed by atoms with Crippen molar-refractivity contribution in [2.75, 3.05) is 13.1 Å². The number of aromatic amines is 1. The van der Waals surface area contributed by atoms with Crippen molar-refractivity contribution >= 4 is 28.7 Å². The molecular weight excluding hydrogens is 392 g/mol. The van der Waals surface area contributed by atoms with Crippen molar-refractivity contribution in [1.29, 1.82) is 0 Å². The Morgan fingerprint density at radius 3 is 2.87 bits per heavy atom. The summed E-state index contributed by atoms with van der Waals surface area (Å²) in [6.45, 7) is 0.955. The van der Waals surface area contributed by atoms with Crippen LogP contribution in [0.1, 0.15) is 50.5 Å². The molecule has 1 aromatic carbocycles. The van der Waals surface area contributed by atoms with E-state index in [-0.39, 0.29) is 24.3 Å². The van der Waals surface area contributed by atoms with Crippen LogP contribution in [-0.2, 0) is 16.0 Å². The molecule has 2 aromatic rings. The van der Waals surface area contributed by atoms with Gasteiger partial charge in [-0.15, -0.1) is 0 Å². The van der Waals surface area contributed by atoms with Gasteiger partial charge in [0.05, 0.1) is 0 Å². The maximum atomic E-state index is 12.7. The number of nitrogens with one attached hydrogen (secondary N) is 3. The van der Waals surface area contributed by atoms with Crippen molar-refractivity contribution < 1.29 is 14.4 Å². The zero-order valence-corrected chi connectivity index (χ0v) is 17.8. The van der Waals surface area contributed by atoms with E-state index in [4.69, 9.17) is 0 Å². The Kier molecular flexibility index (Phi) is 6.70. The topological polar surface area (TPSA) is 94.3 Å². The average molecular weight is 423 g/mol. The summed E-state index contributed by atoms with van der Waals surface area (Å²) in [7, 11) is 0. The SMILES string of the molecule is O=C(CC[C@H]1NC(=O)N(CCc2c[nH]c3ccccc23)C1=O)NCCC1=CCCCC1. The zero-order chi connectivity index (χ0) is 21.6. The molecule has 1 aliphatic heterocycles. The Morgan fingerprint density at radius 2 is 2.03 bits per heavy atom. The number of urea groups is 1. The second-order valence-corrected chi connectivity index (χ2v) is 8.35. The third kappa shape index (κ3) is 5.16. The normalized spacial score (nSPS) is 18.9. The van der Waals surface area contributed by atoms with Crippen molar-refractivity contribution in [3.05, 3.63) is 47.7 Å². The van der Waals surface area contributed by atoms with Crippen LogP contribution < -0.4 is 10.6 Å². The molecule has 31 heavy (non-hydrogen) atoms. The maximum Gasteiger partial charge on any atom is 0.324 e. The largest absolute Gasteiger partial charge is 0.361 e. The smallest absolute Gasteiger partial charge is 0.324 e. The van der Waals surface area contributed by atoms with Gasteiger partial charge in [-0.05, 0) is 56.6 Å². The third-order valence-electron chi connectivity index (χ3n) is 6.20. The first kappa shape index (κ1) is 21.2. The Balaban J connectivity index is 1.21. The number of fused-ring (bicyclic) bond motifs is 1. The molecule has 7 heteroatoms. The summed E-state index contributed by atoms with van der Waals surface area (Å²) in [4.78, 5) is 41.6. The number of para-hydroxylation sites is 1. The van der Waals surface area contributed by atoms with E-state index >= 15 is 0 Å². The number of nitrogens with zero attached hydrogens (tertiary/aromatic N) is 1. The molecule has 164 valence electrons. The van der Waals surface area contributed by atoms with Crippen LogP contribution in [0.5, 0.6) is 0 Å². The molecule has 2 heterocycles. The molecule has 3 N–H and O–H groups in total. The van der Waals surface area contributed by atoms with Gasteiger partial charge >= 0.3 is 6.03 Å². The van der Waals surface area contributed by atoms with Crippen LogP contribution >= 0.6 is 0 Å². The molecule has 4 amide bonds. The van der Waals surface area contributed by atoms with Crippen molar-refractivity contribution in [1.82, 2.24) is 20.5 Å². The standard InChI is InChI=1S/C24H30N4O3/c29-22(25-14-12-17-6-2-1-3-7-17)11-10-21-23(30)28(24(31)27-21)15-13-18-16-26-20-9-5-4-8-19(18)20/h4-6,8-9,16,21,26H,1-3,7,10-15H2,(H,25,29)(H,27,31)/t21-/m1/s1. The van der Waals surface area contributed by atoms with Gasteiger partial charge in [-0.2, -0.15) is 0 Å². The molecule has 1 fully saturated rings. The minimum absolute atomic E-state index is 0.0734. The summed E-state index contributed by atoms with van der Waals surface area (Å²) >= 11 is 0. The average Bonchev–Trinajstić information content (AvgIpc) is 3.32. The lowest BCUT2D eigenvalue weighted by atomic mass is 9.97. The van der Waals surface area contributed by atoms with Gasteiger partial charge in [-0.1, -0.05) is 29.8 Å². The first-order valence-corrected chi connectivity index (χ1v) is 11.2. The maximum absolute atomic E-state index is 12.7. The second kappa shape index (κ2) is 9.81. The lowest BCUT2D eigenvalue weighted by molar-refractivity contribution is -0.127. The van der Waals surface area contributed by atoms with E-state index < -0.39 is 6.04 Å². The Hall–Kier alpha value is -3.09. The Bertz CT molecular complexity index is 994. The summed E-state index contributed by atoms with van der Waals surface area (Å²) in [5.74, 6) is -0.319. The summed E-state index contributed by atoms with van der Waals surface area (Å²) in [6, 6.07) is 6.97. The molecule has 7 nitrogen and oxygen atoms in total. The van der Waals surface area contributed by atoms with E-state index in [9.17, 15) is 14.4 Å². The van der Waals surface area contributed by atoms with Gasteiger partial charge in [-0.25, -0.2) is 4.79 Å². The third-order valence-corrected chi connectivity index (χ3v) is 6.20. The minimum Gasteiger partial charge on any atom is -0.361 e. The number of aromatic nitrogens is 1. The molecule has 4 rings (SSSR count). The highest BCUT2D eigenvalue weighted by Gasteiger charge is 2.37. The highest BCUT2D eigenvalue weighted by Crippen LogP contribution is 2.20. The van der Waals surface area contributed by atoms with Crippen LogP contribution in [0.4, 0.5) is 4.79 Å². The summed E-state index contributed by atoms with van der Waals surface area (Å²) in [5, 5.41) is 6.76. The molecule has 0 spiro atoms. The number of rotatable bonds is 9. The van der Waals surface area contributed by atoms with Gasteiger partial charge in [0.15, 0.2) is 0 Å². The van der Waals surface area contributed by atoms with Crippen LogP contribution in [0, 0.1) is 0 Å². The molecule has 0 radical (unpaired) electrons. The predicted molar refractivity (Wildman–Crippen MR) is 119 cm³/mol. The Morgan fingerprint density at radius 1 is 1.16 bits per heavy atom. The first-order chi connectivity index (χ1) is 15.1. The fraction of sp³-hybridized carbons (Fsp3) is 0.458. The molecule has 1 atom stereocenters. The van der Waals surface area contributed by atoms with Gasteiger partial charge in [-0.3, -0.25) is 14.5 Å². The van der Waals surface area contributed by atoms with Gasteiger partial charge < -0.3 is 15.6 Å². The van der Waals surface area contributed by atoms with Crippen molar-refractivity contribution in [3.8, 4) is 0 Å². The summed E-state index contributed by atoms with van der Waals surface area (Å²) in [5.41, 5.74) is 3.54. The fourth-order valence-corrected chi connectivity index (χ4v) is 4.41. The lowest BCUT2D eigenvalue weighted by Crippen LogP contribution is -2.34. The monoisotopic (exact) mass is 422 g/mol. The Labute approximate surface area is 182 Å². The number of carbonyl (C=O) groups excluding carboxylic acids is 3. The van der Waals surface area contributed by atoms with E-state index in [1.54, 1.807) is 0 Å². The van der Waals surface area contributed by atoms with E-state index in [2.05, 4.69) is 21.7 Å². The van der Waals surface area contributed by atoms with E-state index in [0.29, 0.717) is 25.9 Å². The zero-order valence-electron chi connectivity index (χ0n) is 17.8. The molecule has 1 aliphatic carbocycles. The molecule has 0 bridgehead atoms. The van der Waals surface area contributed by atoms with Crippen molar-refractivity contribution in [2.24, 2.45) is 0 Å². The number of amides is 4. The molecule has 1 aromatic heterocycles. The molecule has 0 unspecified atom stereocenters. The quantitative estimate of drug-likeness (QED) is 0.427. The number of benzene rings is 1. The molecule has 0 saturated carbocycles. The van der Waals surface area contributed by atoms with E-state index in [0.717, 1.165) is 35.7 Å². The van der Waals surface area contributed by atoms with Gasteiger partial charge in [0, 0.05) is 36.6 Å². The molecule has 2 aliphatic rings. The van der Waals surface area contributed by atoms with Crippen LogP contribution in [0.2, 0.25) is 0 Å². The number of imide groups is 1. The highest BCUT2D eigenvalue weighted by molar-refractivity contribution is 6.04. The number of allylic oxidation sites excluding steroid dienone is 1.